The Labute approximate surface area is 168 Å². The average molecular weight is 404 g/mol. The number of likely N-dealkylation sites (N-methyl/N-ethyl adjacent to an activating group) is 1. The van der Waals surface area contributed by atoms with E-state index in [9.17, 15) is 9.59 Å². The molecule has 2 heterocycles. The molecule has 3 rings (SSSR count). The Hall–Kier alpha value is -2.39. The van der Waals surface area contributed by atoms with Crippen LogP contribution in [0, 0.1) is 13.8 Å². The summed E-state index contributed by atoms with van der Waals surface area (Å²) in [6.07, 6.45) is 0. The van der Waals surface area contributed by atoms with Gasteiger partial charge >= 0.3 is 0 Å². The predicted octanol–water partition coefficient (Wildman–Crippen LogP) is 1.76. The van der Waals surface area contributed by atoms with Crippen LogP contribution in [0.3, 0.4) is 0 Å². The minimum atomic E-state index is -0.169. The standard InChI is InChI=1S/C19H24N4O4S/c1-13-4-5-15(10-14(13)2)18-20-21-19(27-18)28-12-17(25)22(3)11-16(24)23-6-8-26-9-7-23/h4-5,10H,6-9,11-12H2,1-3H3. The first kappa shape index (κ1) is 20.3. The third kappa shape index (κ3) is 5.11. The van der Waals surface area contributed by atoms with E-state index in [2.05, 4.69) is 10.2 Å². The summed E-state index contributed by atoms with van der Waals surface area (Å²) in [5.41, 5.74) is 3.19. The molecule has 150 valence electrons. The Balaban J connectivity index is 1.50. The highest BCUT2D eigenvalue weighted by atomic mass is 32.2. The van der Waals surface area contributed by atoms with Crippen LogP contribution in [0.2, 0.25) is 0 Å². The van der Waals surface area contributed by atoms with E-state index in [0.717, 1.165) is 11.1 Å². The van der Waals surface area contributed by atoms with Crippen molar-refractivity contribution in [3.8, 4) is 11.5 Å². The maximum atomic E-state index is 12.3. The van der Waals surface area contributed by atoms with Crippen molar-refractivity contribution in [1.82, 2.24) is 20.0 Å². The minimum absolute atomic E-state index is 0.0527. The third-order valence-electron chi connectivity index (χ3n) is 4.64. The van der Waals surface area contributed by atoms with Gasteiger partial charge in [0.25, 0.3) is 5.22 Å². The zero-order valence-electron chi connectivity index (χ0n) is 16.3. The van der Waals surface area contributed by atoms with Crippen molar-refractivity contribution in [2.45, 2.75) is 19.1 Å². The van der Waals surface area contributed by atoms with Crippen LogP contribution in [0.5, 0.6) is 0 Å². The Kier molecular flexibility index (Phi) is 6.69. The first-order valence-corrected chi connectivity index (χ1v) is 10.1. The second-order valence-corrected chi connectivity index (χ2v) is 7.63. The summed E-state index contributed by atoms with van der Waals surface area (Å²) in [6.45, 7) is 6.34. The largest absolute Gasteiger partial charge is 0.411 e. The number of hydrogen-bond acceptors (Lipinski definition) is 7. The van der Waals surface area contributed by atoms with Crippen molar-refractivity contribution >= 4 is 23.6 Å². The van der Waals surface area contributed by atoms with Gasteiger partial charge < -0.3 is 19.0 Å². The number of hydrogen-bond donors (Lipinski definition) is 0. The highest BCUT2D eigenvalue weighted by Crippen LogP contribution is 2.24. The molecule has 8 nitrogen and oxygen atoms in total. The van der Waals surface area contributed by atoms with Crippen molar-refractivity contribution in [3.63, 3.8) is 0 Å². The lowest BCUT2D eigenvalue weighted by molar-refractivity contribution is -0.140. The van der Waals surface area contributed by atoms with Gasteiger partial charge in [0.2, 0.25) is 17.7 Å². The maximum absolute atomic E-state index is 12.3. The van der Waals surface area contributed by atoms with Crippen molar-refractivity contribution in [2.24, 2.45) is 0 Å². The fraction of sp³-hybridized carbons (Fsp3) is 0.474. The number of thioether (sulfide) groups is 1. The Morgan fingerprint density at radius 2 is 1.93 bits per heavy atom. The van der Waals surface area contributed by atoms with Gasteiger partial charge in [0.15, 0.2) is 0 Å². The fourth-order valence-electron chi connectivity index (χ4n) is 2.70. The molecule has 1 aromatic carbocycles. The summed E-state index contributed by atoms with van der Waals surface area (Å²) in [5, 5.41) is 8.38. The van der Waals surface area contributed by atoms with Gasteiger partial charge in [0, 0.05) is 25.7 Å². The Morgan fingerprint density at radius 1 is 1.18 bits per heavy atom. The van der Waals surface area contributed by atoms with Gasteiger partial charge in [-0.1, -0.05) is 17.8 Å². The van der Waals surface area contributed by atoms with Crippen LogP contribution < -0.4 is 0 Å². The SMILES string of the molecule is Cc1ccc(-c2nnc(SCC(=O)N(C)CC(=O)N3CCOCC3)o2)cc1C. The topological polar surface area (TPSA) is 88.8 Å². The van der Waals surface area contributed by atoms with Crippen LogP contribution in [0.25, 0.3) is 11.5 Å². The first-order chi connectivity index (χ1) is 13.4. The first-order valence-electron chi connectivity index (χ1n) is 9.07. The molecule has 1 aliphatic heterocycles. The van der Waals surface area contributed by atoms with Gasteiger partial charge in [-0.2, -0.15) is 0 Å². The molecule has 2 amide bonds. The Bertz CT molecular complexity index is 848. The Morgan fingerprint density at radius 3 is 2.64 bits per heavy atom. The molecular weight excluding hydrogens is 380 g/mol. The van der Waals surface area contributed by atoms with E-state index < -0.39 is 0 Å². The number of aromatic nitrogens is 2. The molecule has 1 fully saturated rings. The molecule has 0 aliphatic carbocycles. The molecule has 0 spiro atoms. The van der Waals surface area contributed by atoms with E-state index in [-0.39, 0.29) is 24.1 Å². The molecule has 1 aromatic heterocycles. The molecule has 9 heteroatoms. The van der Waals surface area contributed by atoms with Crippen LogP contribution in [0.4, 0.5) is 0 Å². The number of carbonyl (C=O) groups is 2. The van der Waals surface area contributed by atoms with E-state index in [1.165, 1.54) is 22.2 Å². The van der Waals surface area contributed by atoms with E-state index in [1.54, 1.807) is 11.9 Å². The maximum Gasteiger partial charge on any atom is 0.277 e. The summed E-state index contributed by atoms with van der Waals surface area (Å²) < 4.78 is 10.9. The molecule has 0 saturated carbocycles. The van der Waals surface area contributed by atoms with Crippen molar-refractivity contribution in [3.05, 3.63) is 29.3 Å². The second-order valence-electron chi connectivity index (χ2n) is 6.70. The van der Waals surface area contributed by atoms with Gasteiger partial charge in [0.05, 0.1) is 25.5 Å². The predicted molar refractivity (Wildman–Crippen MR) is 105 cm³/mol. The summed E-state index contributed by atoms with van der Waals surface area (Å²) >= 11 is 1.17. The summed E-state index contributed by atoms with van der Waals surface area (Å²) in [6, 6.07) is 5.93. The van der Waals surface area contributed by atoms with Gasteiger partial charge in [-0.15, -0.1) is 10.2 Å². The number of aryl methyl sites for hydroxylation is 2. The monoisotopic (exact) mass is 404 g/mol. The average Bonchev–Trinajstić information content (AvgIpc) is 3.17. The molecule has 0 radical (unpaired) electrons. The van der Waals surface area contributed by atoms with Gasteiger partial charge in [-0.3, -0.25) is 9.59 Å². The molecule has 1 aliphatic rings. The summed E-state index contributed by atoms with van der Waals surface area (Å²) in [4.78, 5) is 27.7. The smallest absolute Gasteiger partial charge is 0.277 e. The quantitative estimate of drug-likeness (QED) is 0.678. The fourth-order valence-corrected chi connectivity index (χ4v) is 3.40. The molecule has 28 heavy (non-hydrogen) atoms. The lowest BCUT2D eigenvalue weighted by Crippen LogP contribution is -2.46. The zero-order chi connectivity index (χ0) is 20.1. The zero-order valence-corrected chi connectivity index (χ0v) is 17.1. The molecule has 1 saturated heterocycles. The van der Waals surface area contributed by atoms with Crippen molar-refractivity contribution in [2.75, 3.05) is 45.6 Å². The number of rotatable bonds is 6. The summed E-state index contributed by atoms with van der Waals surface area (Å²) in [5.74, 6) is 0.312. The lowest BCUT2D eigenvalue weighted by atomic mass is 10.1. The molecule has 0 bridgehead atoms. The van der Waals surface area contributed by atoms with Crippen LogP contribution in [0.1, 0.15) is 11.1 Å². The van der Waals surface area contributed by atoms with Crippen molar-refractivity contribution in [1.29, 1.82) is 0 Å². The van der Waals surface area contributed by atoms with Gasteiger partial charge in [0.1, 0.15) is 0 Å². The van der Waals surface area contributed by atoms with Crippen LogP contribution in [-0.4, -0.2) is 77.5 Å². The number of amides is 2. The number of carbonyl (C=O) groups excluding carboxylic acids is 2. The van der Waals surface area contributed by atoms with Gasteiger partial charge in [-0.25, -0.2) is 0 Å². The molecule has 0 N–H and O–H groups in total. The molecular formula is C19H24N4O4S. The minimum Gasteiger partial charge on any atom is -0.411 e. The highest BCUT2D eigenvalue weighted by Gasteiger charge is 2.21. The number of morpholine rings is 1. The van der Waals surface area contributed by atoms with E-state index in [0.29, 0.717) is 37.4 Å². The number of ether oxygens (including phenoxy) is 1. The van der Waals surface area contributed by atoms with Crippen molar-refractivity contribution < 1.29 is 18.7 Å². The van der Waals surface area contributed by atoms with Crippen LogP contribution in [0.15, 0.2) is 27.8 Å². The van der Waals surface area contributed by atoms with E-state index in [4.69, 9.17) is 9.15 Å². The third-order valence-corrected chi connectivity index (χ3v) is 5.44. The van der Waals surface area contributed by atoms with E-state index in [1.807, 2.05) is 32.0 Å². The normalized spacial score (nSPS) is 14.2. The van der Waals surface area contributed by atoms with Gasteiger partial charge in [-0.05, 0) is 37.1 Å². The number of benzene rings is 1. The molecule has 2 aromatic rings. The van der Waals surface area contributed by atoms with Crippen LogP contribution in [-0.2, 0) is 14.3 Å². The number of nitrogens with zero attached hydrogens (tertiary/aromatic N) is 4. The second kappa shape index (κ2) is 9.20. The highest BCUT2D eigenvalue weighted by molar-refractivity contribution is 7.99. The van der Waals surface area contributed by atoms with Crippen LogP contribution >= 0.6 is 11.8 Å². The lowest BCUT2D eigenvalue weighted by Gasteiger charge is -2.28. The summed E-state index contributed by atoms with van der Waals surface area (Å²) in [7, 11) is 1.62. The van der Waals surface area contributed by atoms with E-state index >= 15 is 0 Å². The molecule has 0 unspecified atom stereocenters. The molecule has 0 atom stereocenters.